The van der Waals surface area contributed by atoms with Crippen molar-refractivity contribution < 1.29 is 4.42 Å². The SMILES string of the molecule is CCCN1CC(NCc2ccco2)[N+]([O-])(c2nnc(SC)s2)C1. The molecule has 1 fully saturated rings. The lowest BCUT2D eigenvalue weighted by atomic mass is 10.4. The van der Waals surface area contributed by atoms with E-state index in [0.29, 0.717) is 24.9 Å². The molecule has 3 heterocycles. The van der Waals surface area contributed by atoms with E-state index in [1.165, 1.54) is 23.1 Å². The van der Waals surface area contributed by atoms with Gasteiger partial charge in [-0.1, -0.05) is 23.8 Å². The van der Waals surface area contributed by atoms with Gasteiger partial charge in [0.05, 0.1) is 19.4 Å². The molecule has 1 aliphatic rings. The van der Waals surface area contributed by atoms with Crippen molar-refractivity contribution >= 4 is 28.2 Å². The first-order valence-corrected chi connectivity index (χ1v) is 9.64. The summed E-state index contributed by atoms with van der Waals surface area (Å²) in [6, 6.07) is 3.76. The van der Waals surface area contributed by atoms with Crippen LogP contribution >= 0.6 is 23.1 Å². The number of nitrogens with zero attached hydrogens (tertiary/aromatic N) is 4. The number of hydrogen-bond acceptors (Lipinski definition) is 8. The Morgan fingerprint density at radius 2 is 2.43 bits per heavy atom. The van der Waals surface area contributed by atoms with Gasteiger partial charge in [0.25, 0.3) is 0 Å². The Hall–Kier alpha value is -0.970. The molecule has 2 unspecified atom stereocenters. The van der Waals surface area contributed by atoms with E-state index in [4.69, 9.17) is 4.42 Å². The van der Waals surface area contributed by atoms with Crippen molar-refractivity contribution in [3.8, 4) is 0 Å². The molecular formula is C14H21N5O2S2. The van der Waals surface area contributed by atoms with Crippen molar-refractivity contribution in [2.24, 2.45) is 0 Å². The summed E-state index contributed by atoms with van der Waals surface area (Å²) in [7, 11) is 0. The molecule has 0 spiro atoms. The number of furan rings is 1. The second-order valence-corrected chi connectivity index (χ2v) is 7.55. The molecule has 1 aliphatic heterocycles. The van der Waals surface area contributed by atoms with E-state index in [-0.39, 0.29) is 6.17 Å². The maximum atomic E-state index is 13.5. The first-order valence-electron chi connectivity index (χ1n) is 7.60. The van der Waals surface area contributed by atoms with Crippen molar-refractivity contribution in [1.29, 1.82) is 0 Å². The highest BCUT2D eigenvalue weighted by Crippen LogP contribution is 2.35. The van der Waals surface area contributed by atoms with Crippen LogP contribution in [0.15, 0.2) is 27.2 Å². The number of rotatable bonds is 7. The third kappa shape index (κ3) is 3.59. The van der Waals surface area contributed by atoms with Gasteiger partial charge in [-0.05, 0) is 36.1 Å². The first-order chi connectivity index (χ1) is 11.2. The van der Waals surface area contributed by atoms with Crippen LogP contribution in [0.3, 0.4) is 0 Å². The molecule has 0 amide bonds. The summed E-state index contributed by atoms with van der Waals surface area (Å²) in [5, 5.41) is 25.6. The monoisotopic (exact) mass is 355 g/mol. The van der Waals surface area contributed by atoms with Crippen molar-refractivity contribution in [3.63, 3.8) is 0 Å². The van der Waals surface area contributed by atoms with E-state index in [0.717, 1.165) is 23.1 Å². The summed E-state index contributed by atoms with van der Waals surface area (Å²) >= 11 is 2.90. The van der Waals surface area contributed by atoms with E-state index in [9.17, 15) is 5.21 Å². The quantitative estimate of drug-likeness (QED) is 0.464. The van der Waals surface area contributed by atoms with Crippen LogP contribution in [0.1, 0.15) is 19.1 Å². The minimum absolute atomic E-state index is 0.269. The summed E-state index contributed by atoms with van der Waals surface area (Å²) in [5.41, 5.74) is 0. The zero-order valence-corrected chi connectivity index (χ0v) is 14.9. The lowest BCUT2D eigenvalue weighted by molar-refractivity contribution is 0.268. The molecule has 126 valence electrons. The fraction of sp³-hybridized carbons (Fsp3) is 0.571. The van der Waals surface area contributed by atoms with E-state index >= 15 is 0 Å². The molecule has 9 heteroatoms. The highest BCUT2D eigenvalue weighted by atomic mass is 32.2. The number of hydroxylamine groups is 2. The standard InChI is InChI=1S/C14H21N5O2S2/c1-3-6-18-9-12(15-8-11-5-4-7-21-11)19(20,10-18)13-16-17-14(22-2)23-13/h4-5,7,12,15H,3,6,8-10H2,1-2H3. The van der Waals surface area contributed by atoms with Gasteiger partial charge in [-0.3, -0.25) is 9.96 Å². The van der Waals surface area contributed by atoms with Gasteiger partial charge in [0.1, 0.15) is 12.4 Å². The summed E-state index contributed by atoms with van der Waals surface area (Å²) in [4.78, 5) is 2.19. The third-order valence-corrected chi connectivity index (χ3v) is 5.88. The van der Waals surface area contributed by atoms with Crippen molar-refractivity contribution in [1.82, 2.24) is 25.1 Å². The van der Waals surface area contributed by atoms with Gasteiger partial charge >= 0.3 is 5.13 Å². The molecule has 1 saturated heterocycles. The molecule has 2 atom stereocenters. The Morgan fingerprint density at radius 3 is 3.09 bits per heavy atom. The van der Waals surface area contributed by atoms with Gasteiger partial charge in [0.2, 0.25) is 0 Å². The normalized spacial score (nSPS) is 25.3. The summed E-state index contributed by atoms with van der Waals surface area (Å²) < 4.78 is 5.69. The van der Waals surface area contributed by atoms with E-state index < -0.39 is 4.65 Å². The van der Waals surface area contributed by atoms with Gasteiger partial charge in [0.15, 0.2) is 10.5 Å². The van der Waals surface area contributed by atoms with Gasteiger partial charge < -0.3 is 9.62 Å². The lowest BCUT2D eigenvalue weighted by Gasteiger charge is -2.39. The molecule has 0 bridgehead atoms. The van der Waals surface area contributed by atoms with Gasteiger partial charge in [0, 0.05) is 6.54 Å². The van der Waals surface area contributed by atoms with E-state index in [2.05, 4.69) is 27.3 Å². The predicted molar refractivity (Wildman–Crippen MR) is 92.9 cm³/mol. The lowest BCUT2D eigenvalue weighted by Crippen LogP contribution is -2.55. The van der Waals surface area contributed by atoms with Crippen LogP contribution in [0, 0.1) is 5.21 Å². The van der Waals surface area contributed by atoms with Crippen LogP contribution in [-0.2, 0) is 6.54 Å². The maximum absolute atomic E-state index is 13.5. The molecule has 0 saturated carbocycles. The average Bonchev–Trinajstić information content (AvgIpc) is 3.26. The molecular weight excluding hydrogens is 334 g/mol. The minimum Gasteiger partial charge on any atom is -0.623 e. The minimum atomic E-state index is -0.487. The Labute approximate surface area is 143 Å². The second kappa shape index (κ2) is 7.29. The Morgan fingerprint density at radius 1 is 1.57 bits per heavy atom. The summed E-state index contributed by atoms with van der Waals surface area (Å²) in [6.07, 6.45) is 4.34. The van der Waals surface area contributed by atoms with E-state index in [1.54, 1.807) is 6.26 Å². The third-order valence-electron chi connectivity index (χ3n) is 3.87. The molecule has 1 N–H and O–H groups in total. The number of thioether (sulfide) groups is 1. The van der Waals surface area contributed by atoms with Gasteiger partial charge in [-0.15, -0.1) is 5.10 Å². The Bertz CT molecular complexity index is 620. The van der Waals surface area contributed by atoms with Crippen molar-refractivity contribution in [2.75, 3.05) is 26.0 Å². The fourth-order valence-electron chi connectivity index (χ4n) is 2.78. The molecule has 0 radical (unpaired) electrons. The molecule has 0 aromatic carbocycles. The fourth-order valence-corrected chi connectivity index (χ4v) is 4.12. The van der Waals surface area contributed by atoms with Crippen LogP contribution in [-0.4, -0.2) is 47.3 Å². The zero-order chi connectivity index (χ0) is 16.3. The van der Waals surface area contributed by atoms with Gasteiger partial charge in [-0.25, -0.2) is 4.90 Å². The van der Waals surface area contributed by atoms with Gasteiger partial charge in [-0.2, -0.15) is 0 Å². The number of quaternary nitrogens is 1. The van der Waals surface area contributed by atoms with Crippen LogP contribution in [0.2, 0.25) is 0 Å². The molecule has 3 rings (SSSR count). The highest BCUT2D eigenvalue weighted by molar-refractivity contribution is 8.00. The molecule has 23 heavy (non-hydrogen) atoms. The van der Waals surface area contributed by atoms with Crippen LogP contribution in [0.4, 0.5) is 5.13 Å². The molecule has 2 aromatic heterocycles. The molecule has 7 nitrogen and oxygen atoms in total. The molecule has 0 aliphatic carbocycles. The van der Waals surface area contributed by atoms with Crippen LogP contribution < -0.4 is 9.96 Å². The Kier molecular flexibility index (Phi) is 5.34. The summed E-state index contributed by atoms with van der Waals surface area (Å²) in [6.45, 7) is 4.68. The predicted octanol–water partition coefficient (Wildman–Crippen LogP) is 2.46. The maximum Gasteiger partial charge on any atom is 0.309 e. The smallest absolute Gasteiger partial charge is 0.309 e. The number of nitrogens with one attached hydrogen (secondary N) is 1. The van der Waals surface area contributed by atoms with Crippen LogP contribution in [0.5, 0.6) is 0 Å². The Balaban J connectivity index is 1.78. The van der Waals surface area contributed by atoms with Crippen molar-refractivity contribution in [3.05, 3.63) is 29.4 Å². The molecule has 2 aromatic rings. The second-order valence-electron chi connectivity index (χ2n) is 5.54. The topological polar surface area (TPSA) is 77.2 Å². The number of aromatic nitrogens is 2. The van der Waals surface area contributed by atoms with E-state index in [1.807, 2.05) is 18.4 Å². The number of hydrogen-bond donors (Lipinski definition) is 1. The summed E-state index contributed by atoms with van der Waals surface area (Å²) in [5.74, 6) is 0.826. The highest BCUT2D eigenvalue weighted by Gasteiger charge is 2.43. The average molecular weight is 355 g/mol. The zero-order valence-electron chi connectivity index (χ0n) is 13.3. The largest absolute Gasteiger partial charge is 0.623 e. The first kappa shape index (κ1) is 16.9. The van der Waals surface area contributed by atoms with Crippen molar-refractivity contribution in [2.45, 2.75) is 30.4 Å². The van der Waals surface area contributed by atoms with Crippen LogP contribution in [0.25, 0.3) is 0 Å².